The highest BCUT2D eigenvalue weighted by Crippen LogP contribution is 2.41. The standard InChI is InChI=1S/C19H23NS/c1-2-16-11-14-7-9-19(16,20-12-14)10-8-15-13-21-18-6-4-3-5-17(15)18/h3-7,9,13-14,16,20H,2,8,10-12H2,1H3. The van der Waals surface area contributed by atoms with E-state index in [1.165, 1.54) is 47.9 Å². The Labute approximate surface area is 131 Å². The van der Waals surface area contributed by atoms with Crippen LogP contribution in [0.2, 0.25) is 0 Å². The van der Waals surface area contributed by atoms with Gasteiger partial charge in [-0.25, -0.2) is 0 Å². The lowest BCUT2D eigenvalue weighted by atomic mass is 9.66. The number of hydrogen-bond donors (Lipinski definition) is 1. The quantitative estimate of drug-likeness (QED) is 0.801. The number of aryl methyl sites for hydroxylation is 1. The maximum Gasteiger partial charge on any atom is 0.0396 e. The van der Waals surface area contributed by atoms with Gasteiger partial charge < -0.3 is 5.32 Å². The lowest BCUT2D eigenvalue weighted by Gasteiger charge is -2.49. The molecule has 3 atom stereocenters. The molecule has 1 nitrogen and oxygen atoms in total. The van der Waals surface area contributed by atoms with Gasteiger partial charge >= 0.3 is 0 Å². The zero-order valence-electron chi connectivity index (χ0n) is 12.6. The Balaban J connectivity index is 1.58. The van der Waals surface area contributed by atoms with Crippen molar-refractivity contribution in [3.63, 3.8) is 0 Å². The van der Waals surface area contributed by atoms with Gasteiger partial charge in [-0.05, 0) is 53.5 Å². The Morgan fingerprint density at radius 2 is 2.24 bits per heavy atom. The molecule has 1 N–H and O–H groups in total. The first-order valence-corrected chi connectivity index (χ1v) is 9.08. The molecule has 110 valence electrons. The van der Waals surface area contributed by atoms with Crippen LogP contribution in [0, 0.1) is 11.8 Å². The molecular weight excluding hydrogens is 274 g/mol. The summed E-state index contributed by atoms with van der Waals surface area (Å²) >= 11 is 1.89. The molecule has 21 heavy (non-hydrogen) atoms. The smallest absolute Gasteiger partial charge is 0.0396 e. The Morgan fingerprint density at radius 1 is 1.33 bits per heavy atom. The largest absolute Gasteiger partial charge is 0.307 e. The summed E-state index contributed by atoms with van der Waals surface area (Å²) in [6.45, 7) is 3.53. The van der Waals surface area contributed by atoms with E-state index in [0.717, 1.165) is 11.8 Å². The van der Waals surface area contributed by atoms with Crippen LogP contribution in [0.1, 0.15) is 31.7 Å². The monoisotopic (exact) mass is 297 g/mol. The summed E-state index contributed by atoms with van der Waals surface area (Å²) in [7, 11) is 0. The third-order valence-corrected chi connectivity index (χ3v) is 6.55. The molecule has 2 heteroatoms. The number of piperidine rings is 1. The van der Waals surface area contributed by atoms with Gasteiger partial charge in [-0.15, -0.1) is 11.3 Å². The summed E-state index contributed by atoms with van der Waals surface area (Å²) in [5.74, 6) is 1.59. The number of thiophene rings is 1. The van der Waals surface area contributed by atoms with E-state index in [1.54, 1.807) is 0 Å². The number of nitrogens with one attached hydrogen (secondary N) is 1. The summed E-state index contributed by atoms with van der Waals surface area (Å²) in [6.07, 6.45) is 10.0. The van der Waals surface area contributed by atoms with Gasteiger partial charge in [-0.2, -0.15) is 0 Å². The van der Waals surface area contributed by atoms with Crippen LogP contribution in [0.4, 0.5) is 0 Å². The molecule has 2 aliphatic heterocycles. The fourth-order valence-electron chi connectivity index (χ4n) is 4.25. The first-order valence-electron chi connectivity index (χ1n) is 8.20. The van der Waals surface area contributed by atoms with E-state index >= 15 is 0 Å². The molecule has 0 saturated carbocycles. The van der Waals surface area contributed by atoms with Crippen LogP contribution in [-0.2, 0) is 6.42 Å². The first kappa shape index (κ1) is 13.5. The minimum absolute atomic E-state index is 0.256. The van der Waals surface area contributed by atoms with Crippen LogP contribution in [0.5, 0.6) is 0 Å². The minimum atomic E-state index is 0.256. The van der Waals surface area contributed by atoms with Crippen molar-refractivity contribution >= 4 is 21.4 Å². The molecule has 1 saturated heterocycles. The predicted molar refractivity (Wildman–Crippen MR) is 91.9 cm³/mol. The van der Waals surface area contributed by atoms with E-state index in [1.807, 2.05) is 11.3 Å². The van der Waals surface area contributed by atoms with Gasteiger partial charge in [0.05, 0.1) is 0 Å². The van der Waals surface area contributed by atoms with Gasteiger partial charge in [0.15, 0.2) is 0 Å². The van der Waals surface area contributed by atoms with Gasteiger partial charge in [-0.1, -0.05) is 43.7 Å². The van der Waals surface area contributed by atoms with E-state index < -0.39 is 0 Å². The van der Waals surface area contributed by atoms with Crippen LogP contribution >= 0.6 is 11.3 Å². The maximum atomic E-state index is 3.86. The van der Waals surface area contributed by atoms with Crippen LogP contribution in [0.15, 0.2) is 41.8 Å². The van der Waals surface area contributed by atoms with E-state index in [4.69, 9.17) is 0 Å². The molecule has 0 radical (unpaired) electrons. The third-order valence-electron chi connectivity index (χ3n) is 5.54. The topological polar surface area (TPSA) is 12.0 Å². The molecule has 0 amide bonds. The SMILES string of the molecule is CCC1CC2C=CC1(CCc1csc3ccccc13)NC2. The number of benzene rings is 1. The summed E-state index contributed by atoms with van der Waals surface area (Å²) in [6, 6.07) is 8.81. The van der Waals surface area contributed by atoms with Crippen molar-refractivity contribution in [2.75, 3.05) is 6.54 Å². The Kier molecular flexibility index (Phi) is 3.39. The van der Waals surface area contributed by atoms with Crippen LogP contribution in [0.25, 0.3) is 10.1 Å². The molecule has 1 aliphatic carbocycles. The Morgan fingerprint density at radius 3 is 3.05 bits per heavy atom. The van der Waals surface area contributed by atoms with Crippen molar-refractivity contribution in [2.24, 2.45) is 11.8 Å². The zero-order chi connectivity index (χ0) is 14.3. The average molecular weight is 297 g/mol. The molecule has 0 spiro atoms. The second-order valence-electron chi connectivity index (χ2n) is 6.64. The van der Waals surface area contributed by atoms with Gasteiger partial charge in [0.2, 0.25) is 0 Å². The number of rotatable bonds is 4. The van der Waals surface area contributed by atoms with Gasteiger partial charge in [0.1, 0.15) is 0 Å². The lowest BCUT2D eigenvalue weighted by Crippen LogP contribution is -2.58. The second-order valence-corrected chi connectivity index (χ2v) is 7.55. The summed E-state index contributed by atoms with van der Waals surface area (Å²) in [4.78, 5) is 0. The van der Waals surface area contributed by atoms with Crippen LogP contribution < -0.4 is 5.32 Å². The van der Waals surface area contributed by atoms with Gasteiger partial charge in [-0.3, -0.25) is 0 Å². The highest BCUT2D eigenvalue weighted by Gasteiger charge is 2.42. The molecule has 3 unspecified atom stereocenters. The van der Waals surface area contributed by atoms with Crippen molar-refractivity contribution in [1.82, 2.24) is 5.32 Å². The van der Waals surface area contributed by atoms with Crippen molar-refractivity contribution < 1.29 is 0 Å². The lowest BCUT2D eigenvalue weighted by molar-refractivity contribution is 0.144. The zero-order valence-corrected chi connectivity index (χ0v) is 13.5. The average Bonchev–Trinajstić information content (AvgIpc) is 2.97. The summed E-state index contributed by atoms with van der Waals surface area (Å²) in [5.41, 5.74) is 1.79. The fraction of sp³-hybridized carbons (Fsp3) is 0.474. The molecule has 1 aromatic carbocycles. The van der Waals surface area contributed by atoms with Crippen LogP contribution in [0.3, 0.4) is 0 Å². The summed E-state index contributed by atoms with van der Waals surface area (Å²) in [5, 5.41) is 7.68. The number of hydrogen-bond acceptors (Lipinski definition) is 2. The van der Waals surface area contributed by atoms with Crippen molar-refractivity contribution in [1.29, 1.82) is 0 Å². The number of fused-ring (bicyclic) bond motifs is 3. The fourth-order valence-corrected chi connectivity index (χ4v) is 5.25. The first-order chi connectivity index (χ1) is 10.3. The van der Waals surface area contributed by atoms with E-state index in [-0.39, 0.29) is 5.54 Å². The van der Waals surface area contributed by atoms with Crippen LogP contribution in [-0.4, -0.2) is 12.1 Å². The predicted octanol–water partition coefficient (Wildman–Crippen LogP) is 4.78. The van der Waals surface area contributed by atoms with Crippen molar-refractivity contribution in [3.05, 3.63) is 47.4 Å². The molecule has 2 bridgehead atoms. The highest BCUT2D eigenvalue weighted by molar-refractivity contribution is 7.17. The van der Waals surface area contributed by atoms with Gasteiger partial charge in [0.25, 0.3) is 0 Å². The molecule has 5 rings (SSSR count). The van der Waals surface area contributed by atoms with E-state index in [0.29, 0.717) is 0 Å². The van der Waals surface area contributed by atoms with Gasteiger partial charge in [0, 0.05) is 16.8 Å². The van der Waals surface area contributed by atoms with E-state index in [9.17, 15) is 0 Å². The second kappa shape index (κ2) is 5.26. The normalized spacial score (nSPS) is 31.1. The molecule has 2 aromatic rings. The third kappa shape index (κ3) is 2.25. The molecule has 1 fully saturated rings. The molecule has 1 aromatic heterocycles. The van der Waals surface area contributed by atoms with Crippen molar-refractivity contribution in [2.45, 2.75) is 38.1 Å². The molecule has 3 heterocycles. The highest BCUT2D eigenvalue weighted by atomic mass is 32.1. The minimum Gasteiger partial charge on any atom is -0.307 e. The van der Waals surface area contributed by atoms with Crippen molar-refractivity contribution in [3.8, 4) is 0 Å². The molecular formula is C19H23NS. The van der Waals surface area contributed by atoms with E-state index in [2.05, 4.69) is 54.0 Å². The maximum absolute atomic E-state index is 3.86. The summed E-state index contributed by atoms with van der Waals surface area (Å²) < 4.78 is 1.42. The Bertz CT molecular complexity index is 671. The Hall–Kier alpha value is -1.12. The molecule has 3 aliphatic rings.